The van der Waals surface area contributed by atoms with Crippen LogP contribution in [0.15, 0.2) is 48.5 Å². The summed E-state index contributed by atoms with van der Waals surface area (Å²) in [6.45, 7) is 0. The third-order valence-electron chi connectivity index (χ3n) is 4.40. The maximum Gasteiger partial charge on any atom is 0.194 e. The number of hydrogen-bond donors (Lipinski definition) is 3. The van der Waals surface area contributed by atoms with Crippen molar-refractivity contribution in [3.63, 3.8) is 0 Å². The van der Waals surface area contributed by atoms with Gasteiger partial charge in [0.05, 0.1) is 5.02 Å². The van der Waals surface area contributed by atoms with Gasteiger partial charge in [-0.1, -0.05) is 48.0 Å². The molecular weight excluding hydrogens is 360 g/mol. The van der Waals surface area contributed by atoms with Gasteiger partial charge in [-0.05, 0) is 17.7 Å². The summed E-state index contributed by atoms with van der Waals surface area (Å²) in [6, 6.07) is 13.3. The lowest BCUT2D eigenvalue weighted by Gasteiger charge is -2.40. The minimum Gasteiger partial charge on any atom is -0.387 e. The second kappa shape index (κ2) is 7.84. The zero-order valence-corrected chi connectivity index (χ0v) is 14.7. The van der Waals surface area contributed by atoms with Crippen molar-refractivity contribution >= 4 is 17.4 Å². The first-order valence-electron chi connectivity index (χ1n) is 8.05. The van der Waals surface area contributed by atoms with E-state index in [-0.39, 0.29) is 16.4 Å². The number of halogens is 1. The Kier molecular flexibility index (Phi) is 5.72. The molecule has 26 heavy (non-hydrogen) atoms. The zero-order chi connectivity index (χ0) is 18.8. The molecular formula is C19H19ClO6. The van der Waals surface area contributed by atoms with E-state index in [1.54, 1.807) is 36.4 Å². The Morgan fingerprint density at radius 1 is 1.04 bits per heavy atom. The predicted octanol–water partition coefficient (Wildman–Crippen LogP) is 1.70. The van der Waals surface area contributed by atoms with Crippen molar-refractivity contribution in [3.8, 4) is 0 Å². The Hall–Kier alpha value is -1.80. The predicted molar refractivity (Wildman–Crippen MR) is 94.0 cm³/mol. The lowest BCUT2D eigenvalue weighted by molar-refractivity contribution is -0.292. The number of carbonyl (C=O) groups is 1. The molecule has 5 atom stereocenters. The van der Waals surface area contributed by atoms with Gasteiger partial charge in [0.25, 0.3) is 0 Å². The molecule has 1 fully saturated rings. The van der Waals surface area contributed by atoms with E-state index in [9.17, 15) is 20.1 Å². The molecule has 0 saturated carbocycles. The Morgan fingerprint density at radius 3 is 2.38 bits per heavy atom. The maximum atomic E-state index is 12.7. The van der Waals surface area contributed by atoms with Crippen molar-refractivity contribution in [1.29, 1.82) is 0 Å². The van der Waals surface area contributed by atoms with Crippen molar-refractivity contribution in [2.75, 3.05) is 7.11 Å². The highest BCUT2D eigenvalue weighted by molar-refractivity contribution is 6.35. The number of methoxy groups -OCH3 is 1. The van der Waals surface area contributed by atoms with Crippen LogP contribution in [0.1, 0.15) is 27.6 Å². The van der Waals surface area contributed by atoms with Gasteiger partial charge in [-0.25, -0.2) is 0 Å². The Morgan fingerprint density at radius 2 is 1.73 bits per heavy atom. The summed E-state index contributed by atoms with van der Waals surface area (Å²) >= 11 is 6.19. The molecule has 0 amide bonds. The first-order chi connectivity index (χ1) is 12.4. The van der Waals surface area contributed by atoms with Crippen LogP contribution in [0.3, 0.4) is 0 Å². The van der Waals surface area contributed by atoms with Gasteiger partial charge in [-0.2, -0.15) is 0 Å². The quantitative estimate of drug-likeness (QED) is 0.701. The van der Waals surface area contributed by atoms with Gasteiger partial charge in [-0.3, -0.25) is 4.79 Å². The fourth-order valence-electron chi connectivity index (χ4n) is 2.96. The van der Waals surface area contributed by atoms with Crippen molar-refractivity contribution in [1.82, 2.24) is 0 Å². The summed E-state index contributed by atoms with van der Waals surface area (Å²) in [6.07, 6.45) is -6.33. The summed E-state index contributed by atoms with van der Waals surface area (Å²) in [5.41, 5.74) is 1.16. The van der Waals surface area contributed by atoms with E-state index >= 15 is 0 Å². The van der Waals surface area contributed by atoms with Crippen LogP contribution < -0.4 is 0 Å². The number of benzene rings is 2. The summed E-state index contributed by atoms with van der Waals surface area (Å²) in [7, 11) is 1.32. The van der Waals surface area contributed by atoms with Crippen molar-refractivity contribution in [3.05, 3.63) is 70.2 Å². The van der Waals surface area contributed by atoms with Crippen LogP contribution in [0.4, 0.5) is 0 Å². The average Bonchev–Trinajstić information content (AvgIpc) is 2.67. The highest BCUT2D eigenvalue weighted by atomic mass is 35.5. The van der Waals surface area contributed by atoms with Gasteiger partial charge in [0.2, 0.25) is 0 Å². The number of hydrogen-bond acceptors (Lipinski definition) is 6. The van der Waals surface area contributed by atoms with E-state index in [0.717, 1.165) is 0 Å². The molecule has 3 rings (SSSR count). The Balaban J connectivity index is 1.95. The third-order valence-corrected chi connectivity index (χ3v) is 4.73. The number of ketones is 1. The number of ether oxygens (including phenoxy) is 2. The molecule has 2 aromatic carbocycles. The van der Waals surface area contributed by atoms with E-state index < -0.39 is 30.7 Å². The van der Waals surface area contributed by atoms with Gasteiger partial charge < -0.3 is 24.8 Å². The molecule has 0 spiro atoms. The van der Waals surface area contributed by atoms with Crippen LogP contribution in [0, 0.1) is 0 Å². The number of aliphatic hydroxyl groups is 3. The van der Waals surface area contributed by atoms with Crippen LogP contribution in [-0.2, 0) is 9.47 Å². The lowest BCUT2D eigenvalue weighted by Crippen LogP contribution is -2.54. The lowest BCUT2D eigenvalue weighted by atomic mass is 9.92. The molecule has 1 aliphatic heterocycles. The molecule has 0 aliphatic carbocycles. The van der Waals surface area contributed by atoms with E-state index in [2.05, 4.69) is 0 Å². The van der Waals surface area contributed by atoms with Gasteiger partial charge in [0, 0.05) is 18.2 Å². The largest absolute Gasteiger partial charge is 0.387 e. The third kappa shape index (κ3) is 3.53. The van der Waals surface area contributed by atoms with Gasteiger partial charge in [0.1, 0.15) is 24.4 Å². The zero-order valence-electron chi connectivity index (χ0n) is 13.9. The molecule has 0 radical (unpaired) electrons. The molecule has 1 aliphatic rings. The van der Waals surface area contributed by atoms with E-state index in [4.69, 9.17) is 21.1 Å². The van der Waals surface area contributed by atoms with Crippen LogP contribution in [0.2, 0.25) is 5.02 Å². The SMILES string of the molecule is CO[C@H]1O[C@@H](c2ccc(Cl)c(C(=O)c3ccccc3)c2)[C@H](O)[C@@H](O)[C@@H]1O. The second-order valence-corrected chi connectivity index (χ2v) is 6.47. The molecule has 6 nitrogen and oxygen atoms in total. The molecule has 0 unspecified atom stereocenters. The fourth-order valence-corrected chi connectivity index (χ4v) is 3.16. The maximum absolute atomic E-state index is 12.7. The second-order valence-electron chi connectivity index (χ2n) is 6.07. The van der Waals surface area contributed by atoms with Crippen LogP contribution >= 0.6 is 11.6 Å². The van der Waals surface area contributed by atoms with Crippen molar-refractivity contribution < 1.29 is 29.6 Å². The average molecular weight is 379 g/mol. The number of aliphatic hydroxyl groups excluding tert-OH is 3. The van der Waals surface area contributed by atoms with Crippen LogP contribution in [-0.4, -0.2) is 52.8 Å². The highest BCUT2D eigenvalue weighted by Crippen LogP contribution is 2.34. The minimum atomic E-state index is -1.46. The normalized spacial score (nSPS) is 28.7. The first kappa shape index (κ1) is 19.0. The molecule has 3 N–H and O–H groups in total. The molecule has 2 aromatic rings. The standard InChI is InChI=1S/C19H19ClO6/c1-25-19-17(24)15(22)16(23)18(26-19)11-7-8-13(20)12(9-11)14(21)10-5-3-2-4-6-10/h2-9,15-19,22-24H,1H3/t15-,16-,17+,18+,19+/m1/s1. The summed E-state index contributed by atoms with van der Waals surface area (Å²) in [5, 5.41) is 30.5. The molecule has 138 valence electrons. The number of carbonyl (C=O) groups excluding carboxylic acids is 1. The molecule has 1 saturated heterocycles. The fraction of sp³-hybridized carbons (Fsp3) is 0.316. The van der Waals surface area contributed by atoms with Gasteiger partial charge >= 0.3 is 0 Å². The summed E-state index contributed by atoms with van der Waals surface area (Å²) < 4.78 is 10.6. The summed E-state index contributed by atoms with van der Waals surface area (Å²) in [4.78, 5) is 12.7. The molecule has 1 heterocycles. The van der Waals surface area contributed by atoms with Crippen LogP contribution in [0.5, 0.6) is 0 Å². The Bertz CT molecular complexity index is 779. The highest BCUT2D eigenvalue weighted by Gasteiger charge is 2.44. The molecule has 0 bridgehead atoms. The van der Waals surface area contributed by atoms with Crippen molar-refractivity contribution in [2.45, 2.75) is 30.7 Å². The first-order valence-corrected chi connectivity index (χ1v) is 8.43. The van der Waals surface area contributed by atoms with Gasteiger partial charge in [0.15, 0.2) is 12.1 Å². The van der Waals surface area contributed by atoms with E-state index in [1.807, 2.05) is 0 Å². The Labute approximate surface area is 155 Å². The molecule has 0 aromatic heterocycles. The summed E-state index contributed by atoms with van der Waals surface area (Å²) in [5.74, 6) is -0.272. The monoisotopic (exact) mass is 378 g/mol. The minimum absolute atomic E-state index is 0.251. The van der Waals surface area contributed by atoms with Gasteiger partial charge in [-0.15, -0.1) is 0 Å². The van der Waals surface area contributed by atoms with E-state index in [0.29, 0.717) is 11.1 Å². The smallest absolute Gasteiger partial charge is 0.194 e. The van der Waals surface area contributed by atoms with Crippen LogP contribution in [0.25, 0.3) is 0 Å². The molecule has 7 heteroatoms. The number of rotatable bonds is 4. The van der Waals surface area contributed by atoms with E-state index in [1.165, 1.54) is 19.2 Å². The topological polar surface area (TPSA) is 96.2 Å². The van der Waals surface area contributed by atoms with Crippen molar-refractivity contribution in [2.24, 2.45) is 0 Å².